The topological polar surface area (TPSA) is 20.2 Å². The van der Waals surface area contributed by atoms with Gasteiger partial charge in [0.1, 0.15) is 5.60 Å². The quantitative estimate of drug-likeness (QED) is 0.667. The van der Waals surface area contributed by atoms with E-state index in [0.717, 1.165) is 5.57 Å². The molecule has 0 fully saturated rings. The molecule has 0 bridgehead atoms. The fraction of sp³-hybridized carbons (Fsp3) is 0.538. The Kier molecular flexibility index (Phi) is 2.73. The minimum absolute atomic E-state index is 0.0844. The van der Waals surface area contributed by atoms with Crippen LogP contribution in [0.5, 0.6) is 0 Å². The van der Waals surface area contributed by atoms with Crippen molar-refractivity contribution in [2.24, 2.45) is 11.3 Å². The molecule has 78 valence electrons. The van der Waals surface area contributed by atoms with Gasteiger partial charge in [0.25, 0.3) is 0 Å². The summed E-state index contributed by atoms with van der Waals surface area (Å²) in [5, 5.41) is 10.2. The van der Waals surface area contributed by atoms with Crippen molar-refractivity contribution in [2.75, 3.05) is 0 Å². The first kappa shape index (κ1) is 11.3. The minimum Gasteiger partial charge on any atom is -0.381 e. The van der Waals surface area contributed by atoms with E-state index >= 15 is 0 Å². The zero-order valence-electron chi connectivity index (χ0n) is 9.38. The van der Waals surface area contributed by atoms with Crippen LogP contribution in [0.4, 0.5) is 0 Å². The number of allylic oxidation sites excluding steroid dienone is 2. The molecule has 0 aromatic heterocycles. The van der Waals surface area contributed by atoms with E-state index in [2.05, 4.69) is 33.1 Å². The molecule has 1 N–H and O–H groups in total. The van der Waals surface area contributed by atoms with Crippen LogP contribution in [0.1, 0.15) is 27.2 Å². The van der Waals surface area contributed by atoms with E-state index in [1.165, 1.54) is 0 Å². The Balaban J connectivity index is 3.14. The van der Waals surface area contributed by atoms with Gasteiger partial charge >= 0.3 is 0 Å². The second-order valence-electron chi connectivity index (χ2n) is 4.82. The molecule has 1 aliphatic rings. The zero-order valence-corrected chi connectivity index (χ0v) is 9.38. The number of hydrogen-bond acceptors (Lipinski definition) is 1. The molecule has 0 saturated carbocycles. The molecular weight excluding hydrogens is 172 g/mol. The molecule has 1 rings (SSSR count). The van der Waals surface area contributed by atoms with Crippen molar-refractivity contribution in [3.8, 4) is 0 Å². The molecule has 0 heterocycles. The first-order chi connectivity index (χ1) is 6.35. The van der Waals surface area contributed by atoms with Gasteiger partial charge < -0.3 is 5.11 Å². The number of aliphatic hydroxyl groups is 1. The largest absolute Gasteiger partial charge is 0.381 e. The van der Waals surface area contributed by atoms with Gasteiger partial charge in [0.05, 0.1) is 0 Å². The molecule has 0 saturated heterocycles. The lowest BCUT2D eigenvalue weighted by Crippen LogP contribution is -2.39. The lowest BCUT2D eigenvalue weighted by molar-refractivity contribution is 0.0730. The molecule has 2 atom stereocenters. The second-order valence-corrected chi connectivity index (χ2v) is 4.82. The maximum absolute atomic E-state index is 10.2. The summed E-state index contributed by atoms with van der Waals surface area (Å²) >= 11 is 0. The maximum Gasteiger partial charge on any atom is 0.104 e. The molecule has 1 nitrogen and oxygen atoms in total. The third-order valence-electron chi connectivity index (χ3n) is 3.38. The van der Waals surface area contributed by atoms with E-state index < -0.39 is 5.60 Å². The lowest BCUT2D eigenvalue weighted by atomic mass is 9.65. The Hall–Kier alpha value is -0.820. The van der Waals surface area contributed by atoms with Gasteiger partial charge in [-0.3, -0.25) is 0 Å². The van der Waals surface area contributed by atoms with Gasteiger partial charge in [-0.1, -0.05) is 38.7 Å². The summed E-state index contributed by atoms with van der Waals surface area (Å²) in [6.45, 7) is 13.8. The summed E-state index contributed by atoms with van der Waals surface area (Å²) < 4.78 is 0. The Morgan fingerprint density at radius 1 is 1.50 bits per heavy atom. The Labute approximate surface area is 86.8 Å². The van der Waals surface area contributed by atoms with Crippen LogP contribution in [0.2, 0.25) is 0 Å². The SMILES string of the molecule is C=C[C@@H]1C[C@@](O)(C=C)C(C)=CC1(C)C. The van der Waals surface area contributed by atoms with Crippen molar-refractivity contribution >= 4 is 0 Å². The van der Waals surface area contributed by atoms with Crippen LogP contribution in [-0.4, -0.2) is 10.7 Å². The van der Waals surface area contributed by atoms with Gasteiger partial charge in [0.15, 0.2) is 0 Å². The van der Waals surface area contributed by atoms with E-state index in [1.54, 1.807) is 6.08 Å². The molecular formula is C13H20O. The van der Waals surface area contributed by atoms with Gasteiger partial charge in [-0.15, -0.1) is 6.58 Å². The van der Waals surface area contributed by atoms with E-state index in [4.69, 9.17) is 0 Å². The first-order valence-electron chi connectivity index (χ1n) is 5.04. The van der Waals surface area contributed by atoms with Crippen LogP contribution in [-0.2, 0) is 0 Å². The van der Waals surface area contributed by atoms with Crippen LogP contribution in [0.3, 0.4) is 0 Å². The predicted octanol–water partition coefficient (Wildman–Crippen LogP) is 3.08. The highest BCUT2D eigenvalue weighted by Crippen LogP contribution is 2.44. The third kappa shape index (κ3) is 1.69. The highest BCUT2D eigenvalue weighted by molar-refractivity contribution is 5.29. The van der Waals surface area contributed by atoms with E-state index in [1.807, 2.05) is 13.0 Å². The zero-order chi connectivity index (χ0) is 11.0. The fourth-order valence-electron chi connectivity index (χ4n) is 2.18. The van der Waals surface area contributed by atoms with Crippen molar-refractivity contribution in [1.82, 2.24) is 0 Å². The Bertz CT molecular complexity index is 286. The summed E-state index contributed by atoms with van der Waals surface area (Å²) in [6, 6.07) is 0. The molecule has 14 heavy (non-hydrogen) atoms. The van der Waals surface area contributed by atoms with E-state index in [-0.39, 0.29) is 5.41 Å². The van der Waals surface area contributed by atoms with Crippen LogP contribution in [0.25, 0.3) is 0 Å². The van der Waals surface area contributed by atoms with Gasteiger partial charge in [-0.2, -0.15) is 0 Å². The fourth-order valence-corrected chi connectivity index (χ4v) is 2.18. The van der Waals surface area contributed by atoms with Crippen molar-refractivity contribution in [3.63, 3.8) is 0 Å². The van der Waals surface area contributed by atoms with Gasteiger partial charge in [-0.25, -0.2) is 0 Å². The minimum atomic E-state index is -0.839. The van der Waals surface area contributed by atoms with Crippen molar-refractivity contribution in [2.45, 2.75) is 32.8 Å². The van der Waals surface area contributed by atoms with Crippen molar-refractivity contribution < 1.29 is 5.11 Å². The molecule has 1 aliphatic carbocycles. The second kappa shape index (κ2) is 3.39. The molecule has 0 aliphatic heterocycles. The summed E-state index contributed by atoms with van der Waals surface area (Å²) in [7, 11) is 0. The van der Waals surface area contributed by atoms with E-state index in [9.17, 15) is 5.11 Å². The molecule has 0 aromatic carbocycles. The average Bonchev–Trinajstić information content (AvgIpc) is 2.11. The van der Waals surface area contributed by atoms with Crippen LogP contribution in [0, 0.1) is 11.3 Å². The highest BCUT2D eigenvalue weighted by Gasteiger charge is 2.39. The molecule has 0 spiro atoms. The third-order valence-corrected chi connectivity index (χ3v) is 3.38. The van der Waals surface area contributed by atoms with E-state index in [0.29, 0.717) is 12.3 Å². The van der Waals surface area contributed by atoms with Gasteiger partial charge in [0.2, 0.25) is 0 Å². The summed E-state index contributed by atoms with van der Waals surface area (Å²) in [5.41, 5.74) is 0.241. The van der Waals surface area contributed by atoms with Crippen LogP contribution < -0.4 is 0 Å². The average molecular weight is 192 g/mol. The number of rotatable bonds is 2. The Morgan fingerprint density at radius 3 is 2.50 bits per heavy atom. The summed E-state index contributed by atoms with van der Waals surface area (Å²) in [5.74, 6) is 0.300. The van der Waals surface area contributed by atoms with Gasteiger partial charge in [-0.05, 0) is 30.3 Å². The Morgan fingerprint density at radius 2 is 2.07 bits per heavy atom. The lowest BCUT2D eigenvalue weighted by Gasteiger charge is -2.42. The smallest absolute Gasteiger partial charge is 0.104 e. The first-order valence-corrected chi connectivity index (χ1v) is 5.04. The number of hydrogen-bond donors (Lipinski definition) is 1. The van der Waals surface area contributed by atoms with Crippen LogP contribution in [0.15, 0.2) is 37.0 Å². The monoisotopic (exact) mass is 192 g/mol. The summed E-state index contributed by atoms with van der Waals surface area (Å²) in [4.78, 5) is 0. The molecule has 0 aromatic rings. The van der Waals surface area contributed by atoms with Crippen molar-refractivity contribution in [1.29, 1.82) is 0 Å². The molecule has 0 radical (unpaired) electrons. The van der Waals surface area contributed by atoms with Gasteiger partial charge in [0, 0.05) is 0 Å². The standard InChI is InChI=1S/C13H20O/c1-6-11-9-13(14,7-2)10(3)8-12(11,4)5/h6-8,11,14H,1-2,9H2,3-5H3/t11-,13+/m1/s1. The normalized spacial score (nSPS) is 36.0. The molecule has 1 heteroatoms. The van der Waals surface area contributed by atoms with Crippen LogP contribution >= 0.6 is 0 Å². The summed E-state index contributed by atoms with van der Waals surface area (Å²) in [6.07, 6.45) is 6.38. The molecule has 0 amide bonds. The predicted molar refractivity (Wildman–Crippen MR) is 61.0 cm³/mol. The van der Waals surface area contributed by atoms with Crippen molar-refractivity contribution in [3.05, 3.63) is 37.0 Å². The highest BCUT2D eigenvalue weighted by atomic mass is 16.3. The molecule has 0 unspecified atom stereocenters. The maximum atomic E-state index is 10.2.